The van der Waals surface area contributed by atoms with E-state index in [1.54, 1.807) is 7.11 Å². The van der Waals surface area contributed by atoms with Crippen LogP contribution in [0.2, 0.25) is 0 Å². The van der Waals surface area contributed by atoms with Gasteiger partial charge in [0.1, 0.15) is 5.75 Å². The van der Waals surface area contributed by atoms with E-state index in [9.17, 15) is 0 Å². The average Bonchev–Trinajstić information content (AvgIpc) is 2.77. The SMILES string of the molecule is CCCCCCCCC(CCCNc1ccc(OC)cc1)C(CC)(OCC)OCC. The summed E-state index contributed by atoms with van der Waals surface area (Å²) in [6.45, 7) is 11.0. The molecule has 0 saturated heterocycles. The van der Waals surface area contributed by atoms with Crippen LogP contribution in [0.4, 0.5) is 5.69 Å². The molecule has 0 bridgehead atoms. The Hall–Kier alpha value is -1.26. The van der Waals surface area contributed by atoms with Crippen molar-refractivity contribution >= 4 is 5.69 Å². The van der Waals surface area contributed by atoms with E-state index in [0.717, 1.165) is 37.2 Å². The standard InChI is InChI=1S/C26H47NO3/c1-6-10-11-12-13-14-16-23(26(7-2,29-8-3)30-9-4)17-15-22-27-24-18-20-25(28-5)21-19-24/h18-21,23,27H,6-17,22H2,1-5H3. The zero-order valence-corrected chi connectivity index (χ0v) is 20.3. The van der Waals surface area contributed by atoms with Gasteiger partial charge in [-0.15, -0.1) is 0 Å². The fourth-order valence-electron chi connectivity index (χ4n) is 4.30. The fraction of sp³-hybridized carbons (Fsp3) is 0.769. The number of nitrogens with one attached hydrogen (secondary N) is 1. The molecule has 0 heterocycles. The monoisotopic (exact) mass is 421 g/mol. The average molecular weight is 422 g/mol. The maximum Gasteiger partial charge on any atom is 0.170 e. The summed E-state index contributed by atoms with van der Waals surface area (Å²) in [4.78, 5) is 0. The van der Waals surface area contributed by atoms with E-state index in [4.69, 9.17) is 14.2 Å². The number of benzene rings is 1. The van der Waals surface area contributed by atoms with Gasteiger partial charge in [-0.05, 0) is 63.8 Å². The first-order valence-electron chi connectivity index (χ1n) is 12.3. The lowest BCUT2D eigenvalue weighted by Gasteiger charge is -2.40. The van der Waals surface area contributed by atoms with E-state index in [1.807, 2.05) is 12.1 Å². The second kappa shape index (κ2) is 16.4. The topological polar surface area (TPSA) is 39.7 Å². The van der Waals surface area contributed by atoms with Crippen molar-refractivity contribution < 1.29 is 14.2 Å². The molecule has 30 heavy (non-hydrogen) atoms. The molecule has 4 nitrogen and oxygen atoms in total. The van der Waals surface area contributed by atoms with Crippen LogP contribution in [-0.2, 0) is 9.47 Å². The third kappa shape index (κ3) is 9.70. The van der Waals surface area contributed by atoms with Crippen LogP contribution in [0.25, 0.3) is 0 Å². The van der Waals surface area contributed by atoms with E-state index in [2.05, 4.69) is 45.1 Å². The summed E-state index contributed by atoms with van der Waals surface area (Å²) in [5, 5.41) is 3.54. The molecule has 0 aliphatic heterocycles. The highest BCUT2D eigenvalue weighted by Crippen LogP contribution is 2.35. The molecule has 1 rings (SSSR count). The van der Waals surface area contributed by atoms with Gasteiger partial charge in [-0.3, -0.25) is 0 Å². The Bertz CT molecular complexity index is 512. The molecule has 1 atom stereocenters. The molecule has 0 fully saturated rings. The van der Waals surface area contributed by atoms with Crippen molar-refractivity contribution in [2.24, 2.45) is 5.92 Å². The van der Waals surface area contributed by atoms with Crippen LogP contribution in [0.3, 0.4) is 0 Å². The number of rotatable bonds is 19. The second-order valence-electron chi connectivity index (χ2n) is 8.08. The summed E-state index contributed by atoms with van der Waals surface area (Å²) < 4.78 is 17.8. The van der Waals surface area contributed by atoms with Crippen molar-refractivity contribution in [3.63, 3.8) is 0 Å². The number of unbranched alkanes of at least 4 members (excludes halogenated alkanes) is 5. The van der Waals surface area contributed by atoms with E-state index in [1.165, 1.54) is 44.9 Å². The van der Waals surface area contributed by atoms with Gasteiger partial charge in [0.25, 0.3) is 0 Å². The summed E-state index contributed by atoms with van der Waals surface area (Å²) in [7, 11) is 1.70. The van der Waals surface area contributed by atoms with Crippen molar-refractivity contribution in [3.05, 3.63) is 24.3 Å². The van der Waals surface area contributed by atoms with Crippen molar-refractivity contribution in [2.45, 2.75) is 97.7 Å². The molecular formula is C26H47NO3. The highest BCUT2D eigenvalue weighted by Gasteiger charge is 2.38. The lowest BCUT2D eigenvalue weighted by Crippen LogP contribution is -2.43. The van der Waals surface area contributed by atoms with E-state index < -0.39 is 5.79 Å². The zero-order valence-electron chi connectivity index (χ0n) is 20.3. The Morgan fingerprint density at radius 1 is 0.800 bits per heavy atom. The smallest absolute Gasteiger partial charge is 0.170 e. The minimum atomic E-state index is -0.437. The Balaban J connectivity index is 2.61. The molecule has 0 saturated carbocycles. The Morgan fingerprint density at radius 3 is 1.97 bits per heavy atom. The molecular weight excluding hydrogens is 374 g/mol. The Morgan fingerprint density at radius 2 is 1.40 bits per heavy atom. The molecule has 4 heteroatoms. The van der Waals surface area contributed by atoms with Crippen LogP contribution in [0.5, 0.6) is 5.75 Å². The first kappa shape index (κ1) is 26.8. The van der Waals surface area contributed by atoms with Crippen molar-refractivity contribution in [2.75, 3.05) is 32.2 Å². The van der Waals surface area contributed by atoms with E-state index in [-0.39, 0.29) is 0 Å². The van der Waals surface area contributed by atoms with Crippen molar-refractivity contribution in [1.82, 2.24) is 0 Å². The first-order valence-corrected chi connectivity index (χ1v) is 12.3. The normalized spacial score (nSPS) is 12.7. The summed E-state index contributed by atoms with van der Waals surface area (Å²) in [6, 6.07) is 8.14. The first-order chi connectivity index (χ1) is 14.7. The zero-order chi connectivity index (χ0) is 22.1. The number of anilines is 1. The Labute approximate surface area is 186 Å². The van der Waals surface area contributed by atoms with Crippen molar-refractivity contribution in [3.8, 4) is 5.75 Å². The maximum atomic E-state index is 6.26. The number of ether oxygens (including phenoxy) is 3. The molecule has 1 aromatic rings. The Kier molecular flexibility index (Phi) is 14.7. The maximum absolute atomic E-state index is 6.26. The molecule has 0 amide bonds. The third-order valence-corrected chi connectivity index (χ3v) is 5.95. The molecule has 0 spiro atoms. The van der Waals surface area contributed by atoms with Crippen LogP contribution in [0, 0.1) is 5.92 Å². The van der Waals surface area contributed by atoms with Crippen LogP contribution < -0.4 is 10.1 Å². The molecule has 1 N–H and O–H groups in total. The molecule has 0 radical (unpaired) electrons. The van der Waals surface area contributed by atoms with Crippen LogP contribution in [-0.4, -0.2) is 32.7 Å². The van der Waals surface area contributed by atoms with Gasteiger partial charge >= 0.3 is 0 Å². The van der Waals surface area contributed by atoms with E-state index in [0.29, 0.717) is 19.1 Å². The predicted octanol–water partition coefficient (Wildman–Crippen LogP) is 7.43. The van der Waals surface area contributed by atoms with Gasteiger partial charge < -0.3 is 19.5 Å². The van der Waals surface area contributed by atoms with Gasteiger partial charge in [-0.1, -0.05) is 52.4 Å². The highest BCUT2D eigenvalue weighted by atomic mass is 16.7. The largest absolute Gasteiger partial charge is 0.497 e. The second-order valence-corrected chi connectivity index (χ2v) is 8.08. The molecule has 0 aliphatic rings. The summed E-state index contributed by atoms with van der Waals surface area (Å²) in [5.74, 6) is 0.888. The van der Waals surface area contributed by atoms with Gasteiger partial charge in [0.05, 0.1) is 7.11 Å². The van der Waals surface area contributed by atoms with Crippen LogP contribution >= 0.6 is 0 Å². The van der Waals surface area contributed by atoms with Crippen LogP contribution in [0.1, 0.15) is 91.9 Å². The van der Waals surface area contributed by atoms with E-state index >= 15 is 0 Å². The fourth-order valence-corrected chi connectivity index (χ4v) is 4.30. The molecule has 174 valence electrons. The lowest BCUT2D eigenvalue weighted by molar-refractivity contribution is -0.267. The summed E-state index contributed by atoms with van der Waals surface area (Å²) in [5.41, 5.74) is 1.14. The van der Waals surface area contributed by atoms with Gasteiger partial charge in [0, 0.05) is 31.4 Å². The van der Waals surface area contributed by atoms with Crippen LogP contribution in [0.15, 0.2) is 24.3 Å². The number of hydrogen-bond acceptors (Lipinski definition) is 4. The third-order valence-electron chi connectivity index (χ3n) is 5.95. The highest BCUT2D eigenvalue weighted by molar-refractivity contribution is 5.46. The van der Waals surface area contributed by atoms with Gasteiger partial charge in [-0.2, -0.15) is 0 Å². The summed E-state index contributed by atoms with van der Waals surface area (Å²) in [6.07, 6.45) is 12.3. The molecule has 0 aliphatic carbocycles. The molecule has 1 aromatic carbocycles. The van der Waals surface area contributed by atoms with Gasteiger partial charge in [0.15, 0.2) is 5.79 Å². The number of hydrogen-bond donors (Lipinski definition) is 1. The summed E-state index contributed by atoms with van der Waals surface area (Å²) >= 11 is 0. The van der Waals surface area contributed by atoms with Gasteiger partial charge in [0.2, 0.25) is 0 Å². The lowest BCUT2D eigenvalue weighted by atomic mass is 9.86. The predicted molar refractivity (Wildman–Crippen MR) is 128 cm³/mol. The quantitative estimate of drug-likeness (QED) is 0.186. The van der Waals surface area contributed by atoms with Crippen molar-refractivity contribution in [1.29, 1.82) is 0 Å². The molecule has 1 unspecified atom stereocenters. The van der Waals surface area contributed by atoms with Gasteiger partial charge in [-0.25, -0.2) is 0 Å². The minimum absolute atomic E-state index is 0.436. The minimum Gasteiger partial charge on any atom is -0.497 e. The number of methoxy groups -OCH3 is 1. The molecule has 0 aromatic heterocycles.